The Bertz CT molecular complexity index is 2230. The largest absolute Gasteiger partial charge is 0.493 e. The van der Waals surface area contributed by atoms with Crippen LogP contribution in [0.25, 0.3) is 0 Å². The van der Waals surface area contributed by atoms with E-state index in [1.165, 1.54) is 22.4 Å². The van der Waals surface area contributed by atoms with E-state index in [1.807, 2.05) is 12.3 Å². The fourth-order valence-corrected chi connectivity index (χ4v) is 7.35. The van der Waals surface area contributed by atoms with Gasteiger partial charge in [0.1, 0.15) is 5.82 Å². The van der Waals surface area contributed by atoms with Gasteiger partial charge in [-0.2, -0.15) is 24.3 Å². The first-order valence-corrected chi connectivity index (χ1v) is 19.2. The molecule has 1 aliphatic heterocycles. The first-order chi connectivity index (χ1) is 25.1. The smallest absolute Gasteiger partial charge is 0.135 e. The number of benzene rings is 5. The molecule has 0 atom stereocenters. The monoisotopic (exact) mass is 908 g/mol. The SMILES string of the molecule is CC(C)(C)c1cccc(N2[CH-]N(c3[c-]c(Sc4[c-]c(N(c5ccccc5)c5cc(C(C)(C)C)ccn5)ccc4)ccc3)c3ccc(C(C)(C)C)cc32)c1.[Pt]. The van der Waals surface area contributed by atoms with E-state index in [-0.39, 0.29) is 37.3 Å². The number of pyridine rings is 1. The molecule has 0 N–H and O–H groups in total. The molecule has 4 nitrogen and oxygen atoms in total. The van der Waals surface area contributed by atoms with Crippen molar-refractivity contribution in [1.29, 1.82) is 0 Å². The molecular weight excluding hydrogens is 860 g/mol. The molecule has 0 saturated heterocycles. The van der Waals surface area contributed by atoms with Crippen molar-refractivity contribution in [1.82, 2.24) is 4.98 Å². The number of para-hydroxylation sites is 1. The van der Waals surface area contributed by atoms with Crippen LogP contribution in [-0.2, 0) is 37.3 Å². The van der Waals surface area contributed by atoms with Gasteiger partial charge in [-0.1, -0.05) is 104 Å². The molecule has 6 heteroatoms. The van der Waals surface area contributed by atoms with Gasteiger partial charge >= 0.3 is 0 Å². The molecule has 0 unspecified atom stereocenters. The number of hydrogen-bond donors (Lipinski definition) is 0. The third-order valence-electron chi connectivity index (χ3n) is 9.66. The van der Waals surface area contributed by atoms with Crippen molar-refractivity contribution < 1.29 is 21.1 Å². The molecule has 0 aliphatic carbocycles. The Balaban J connectivity index is 0.00000497. The molecule has 0 spiro atoms. The molecule has 0 saturated carbocycles. The van der Waals surface area contributed by atoms with Crippen LogP contribution < -0.4 is 14.7 Å². The van der Waals surface area contributed by atoms with Crippen LogP contribution in [0.15, 0.2) is 137 Å². The summed E-state index contributed by atoms with van der Waals surface area (Å²) in [4.78, 5) is 13.6. The van der Waals surface area contributed by atoms with Gasteiger partial charge in [0.2, 0.25) is 0 Å². The summed E-state index contributed by atoms with van der Waals surface area (Å²) in [6, 6.07) is 50.7. The van der Waals surface area contributed by atoms with Gasteiger partial charge in [0.15, 0.2) is 0 Å². The van der Waals surface area contributed by atoms with Crippen LogP contribution >= 0.6 is 11.8 Å². The Morgan fingerprint density at radius 1 is 0.574 bits per heavy atom. The predicted octanol–water partition coefficient (Wildman–Crippen LogP) is 13.6. The molecule has 1 aromatic heterocycles. The summed E-state index contributed by atoms with van der Waals surface area (Å²) in [5.41, 5.74) is 10.3. The average Bonchev–Trinajstić information content (AvgIpc) is 3.51. The van der Waals surface area contributed by atoms with Gasteiger partial charge in [0, 0.05) is 50.0 Å². The number of fused-ring (bicyclic) bond motifs is 1. The third kappa shape index (κ3) is 8.48. The molecule has 7 rings (SSSR count). The molecule has 54 heavy (non-hydrogen) atoms. The van der Waals surface area contributed by atoms with Gasteiger partial charge in [-0.3, -0.25) is 0 Å². The van der Waals surface area contributed by atoms with E-state index in [0.29, 0.717) is 0 Å². The summed E-state index contributed by atoms with van der Waals surface area (Å²) < 4.78 is 0. The number of aromatic nitrogens is 1. The second kappa shape index (κ2) is 15.4. The zero-order valence-electron chi connectivity index (χ0n) is 32.7. The van der Waals surface area contributed by atoms with Crippen molar-refractivity contribution in [3.05, 3.63) is 163 Å². The van der Waals surface area contributed by atoms with Crippen molar-refractivity contribution in [3.8, 4) is 0 Å². The Morgan fingerprint density at radius 2 is 1.20 bits per heavy atom. The Hall–Kier alpha value is -4.31. The van der Waals surface area contributed by atoms with E-state index in [1.54, 1.807) is 11.8 Å². The number of hydrogen-bond acceptors (Lipinski definition) is 5. The molecule has 280 valence electrons. The summed E-state index contributed by atoms with van der Waals surface area (Å²) in [6.07, 6.45) is 1.91. The zero-order chi connectivity index (χ0) is 37.5. The van der Waals surface area contributed by atoms with Crippen molar-refractivity contribution >= 4 is 51.7 Å². The zero-order valence-corrected chi connectivity index (χ0v) is 35.8. The maximum Gasteiger partial charge on any atom is 0.135 e. The van der Waals surface area contributed by atoms with Crippen LogP contribution in [0.4, 0.5) is 39.9 Å². The summed E-state index contributed by atoms with van der Waals surface area (Å²) in [7, 11) is 0. The van der Waals surface area contributed by atoms with Crippen molar-refractivity contribution in [2.45, 2.75) is 88.3 Å². The molecule has 0 bridgehead atoms. The van der Waals surface area contributed by atoms with Crippen LogP contribution in [0.2, 0.25) is 0 Å². The van der Waals surface area contributed by atoms with Gasteiger partial charge in [0.25, 0.3) is 0 Å². The maximum atomic E-state index is 4.84. The topological polar surface area (TPSA) is 22.6 Å². The number of anilines is 7. The number of rotatable bonds is 7. The molecule has 1 aliphatic rings. The van der Waals surface area contributed by atoms with Crippen LogP contribution in [0.1, 0.15) is 79.0 Å². The predicted molar refractivity (Wildman–Crippen MR) is 225 cm³/mol. The summed E-state index contributed by atoms with van der Waals surface area (Å²) in [5, 5.41) is 0. The van der Waals surface area contributed by atoms with Gasteiger partial charge in [0.05, 0.1) is 0 Å². The normalized spacial score (nSPS) is 13.1. The van der Waals surface area contributed by atoms with Crippen LogP contribution in [0.3, 0.4) is 0 Å². The molecule has 0 fully saturated rings. The van der Waals surface area contributed by atoms with Crippen molar-refractivity contribution in [3.63, 3.8) is 0 Å². The van der Waals surface area contributed by atoms with E-state index in [4.69, 9.17) is 4.98 Å². The minimum absolute atomic E-state index is 0. The molecule has 0 amide bonds. The van der Waals surface area contributed by atoms with Crippen molar-refractivity contribution in [2.24, 2.45) is 0 Å². The second-order valence-electron chi connectivity index (χ2n) is 16.8. The summed E-state index contributed by atoms with van der Waals surface area (Å²) >= 11 is 1.67. The third-order valence-corrected chi connectivity index (χ3v) is 10.6. The Morgan fingerprint density at radius 3 is 1.91 bits per heavy atom. The number of nitrogens with zero attached hydrogens (tertiary/aromatic N) is 4. The van der Waals surface area contributed by atoms with Crippen molar-refractivity contribution in [2.75, 3.05) is 14.7 Å². The molecule has 0 radical (unpaired) electrons. The van der Waals surface area contributed by atoms with Gasteiger partial charge < -0.3 is 14.7 Å². The second-order valence-corrected chi connectivity index (χ2v) is 17.9. The van der Waals surface area contributed by atoms with Gasteiger partial charge in [-0.25, -0.2) is 4.98 Å². The molecular formula is C48H49N4PtS-3. The van der Waals surface area contributed by atoms with E-state index in [9.17, 15) is 0 Å². The minimum Gasteiger partial charge on any atom is -0.493 e. The molecule has 5 aromatic carbocycles. The Kier molecular flexibility index (Phi) is 11.3. The Labute approximate surface area is 341 Å². The fraction of sp³-hybridized carbons (Fsp3) is 0.250. The first kappa shape index (κ1) is 39.4. The summed E-state index contributed by atoms with van der Waals surface area (Å²) in [5.74, 6) is 0.867. The molecule has 6 aromatic rings. The fourth-order valence-electron chi connectivity index (χ4n) is 6.51. The average molecular weight is 909 g/mol. The summed E-state index contributed by atoms with van der Waals surface area (Å²) in [6.45, 7) is 22.5. The maximum absolute atomic E-state index is 4.84. The van der Waals surface area contributed by atoms with Crippen LogP contribution in [0, 0.1) is 18.8 Å². The minimum atomic E-state index is -0.00201. The van der Waals surface area contributed by atoms with E-state index >= 15 is 0 Å². The first-order valence-electron chi connectivity index (χ1n) is 18.4. The van der Waals surface area contributed by atoms with Gasteiger partial charge in [-0.05, 0) is 81.5 Å². The molecule has 2 heterocycles. The van der Waals surface area contributed by atoms with E-state index in [2.05, 4.69) is 211 Å². The van der Waals surface area contributed by atoms with E-state index < -0.39 is 0 Å². The van der Waals surface area contributed by atoms with Gasteiger partial charge in [-0.15, -0.1) is 58.2 Å². The van der Waals surface area contributed by atoms with Crippen LogP contribution in [-0.4, -0.2) is 4.98 Å². The standard InChI is InChI=1S/C48H49N4S.Pt/c1-46(2,3)34-16-13-19-38(28-34)51-33-50(43-25-24-35(29-44(43)51)47(4,5)6)39-20-14-22-41(31-39)53-42-23-15-21-40(32-42)52(37-17-11-10-12-18-37)45-30-36(26-27-49-45)48(7,8)9;/h10-30,33H,1-9H3;/q-3;. The quantitative estimate of drug-likeness (QED) is 0.149. The van der Waals surface area contributed by atoms with Crippen LogP contribution in [0.5, 0.6) is 0 Å². The van der Waals surface area contributed by atoms with E-state index in [0.717, 1.165) is 44.0 Å².